The fraction of sp³-hybridized carbons (Fsp3) is 0.176. The molecule has 0 amide bonds. The van der Waals surface area contributed by atoms with Gasteiger partial charge in [-0.05, 0) is 42.8 Å². The van der Waals surface area contributed by atoms with Gasteiger partial charge in [0.05, 0.1) is 22.7 Å². The molecule has 0 bridgehead atoms. The molecule has 1 heterocycles. The second kappa shape index (κ2) is 5.18. The Bertz CT molecular complexity index is 776. The highest BCUT2D eigenvalue weighted by Gasteiger charge is 2.11. The normalized spacial score (nSPS) is 10.6. The Morgan fingerprint density at radius 3 is 2.55 bits per heavy atom. The van der Waals surface area contributed by atoms with Gasteiger partial charge in [-0.25, -0.2) is 4.98 Å². The van der Waals surface area contributed by atoms with Crippen molar-refractivity contribution in [1.29, 1.82) is 5.26 Å². The van der Waals surface area contributed by atoms with E-state index in [9.17, 15) is 0 Å². The lowest BCUT2D eigenvalue weighted by atomic mass is 10.1. The van der Waals surface area contributed by atoms with E-state index in [4.69, 9.17) is 10.2 Å². The van der Waals surface area contributed by atoms with Crippen molar-refractivity contribution in [3.63, 3.8) is 0 Å². The van der Waals surface area contributed by atoms with E-state index in [2.05, 4.69) is 23.6 Å². The van der Waals surface area contributed by atoms with Gasteiger partial charge in [0, 0.05) is 12.1 Å². The molecule has 20 heavy (non-hydrogen) atoms. The molecule has 0 N–H and O–H groups in total. The molecule has 3 heteroatoms. The second-order valence-electron chi connectivity index (χ2n) is 4.76. The van der Waals surface area contributed by atoms with E-state index in [1.165, 1.54) is 0 Å². The summed E-state index contributed by atoms with van der Waals surface area (Å²) in [5.74, 6) is 0.970. The molecule has 0 unspecified atom stereocenters. The molecule has 0 saturated carbocycles. The van der Waals surface area contributed by atoms with E-state index in [1.807, 2.05) is 42.5 Å². The lowest BCUT2D eigenvalue weighted by Crippen LogP contribution is -1.99. The standard InChI is InChI=1S/C17H15N3/c1-2-11-20-16-6-4-3-5-15(16)19-17(20)14-9-7-13(12-18)8-10-14/h3-10H,2,11H2,1H3. The van der Waals surface area contributed by atoms with Gasteiger partial charge in [-0.15, -0.1) is 0 Å². The quantitative estimate of drug-likeness (QED) is 0.715. The van der Waals surface area contributed by atoms with Crippen LogP contribution in [0, 0.1) is 11.3 Å². The first-order valence-electron chi connectivity index (χ1n) is 6.79. The Hall–Kier alpha value is -2.60. The van der Waals surface area contributed by atoms with Crippen LogP contribution in [0.25, 0.3) is 22.4 Å². The number of hydrogen-bond donors (Lipinski definition) is 0. The summed E-state index contributed by atoms with van der Waals surface area (Å²) in [6, 6.07) is 17.9. The van der Waals surface area contributed by atoms with Crippen LogP contribution in [0.2, 0.25) is 0 Å². The second-order valence-corrected chi connectivity index (χ2v) is 4.76. The van der Waals surface area contributed by atoms with Gasteiger partial charge in [0.15, 0.2) is 0 Å². The van der Waals surface area contributed by atoms with Crippen LogP contribution in [0.3, 0.4) is 0 Å². The van der Waals surface area contributed by atoms with Gasteiger partial charge in [0.1, 0.15) is 5.82 Å². The topological polar surface area (TPSA) is 41.6 Å². The first kappa shape index (κ1) is 12.4. The fourth-order valence-corrected chi connectivity index (χ4v) is 2.44. The number of aryl methyl sites for hydroxylation is 1. The lowest BCUT2D eigenvalue weighted by Gasteiger charge is -2.07. The maximum atomic E-state index is 8.88. The average molecular weight is 261 g/mol. The molecule has 98 valence electrons. The fourth-order valence-electron chi connectivity index (χ4n) is 2.44. The van der Waals surface area contributed by atoms with Crippen molar-refractivity contribution >= 4 is 11.0 Å². The summed E-state index contributed by atoms with van der Waals surface area (Å²) in [5.41, 5.74) is 3.90. The minimum atomic E-state index is 0.673. The molecular formula is C17H15N3. The van der Waals surface area contributed by atoms with Crippen molar-refractivity contribution in [2.45, 2.75) is 19.9 Å². The Labute approximate surface area is 118 Å². The summed E-state index contributed by atoms with van der Waals surface area (Å²) >= 11 is 0. The summed E-state index contributed by atoms with van der Waals surface area (Å²) in [4.78, 5) is 4.74. The maximum absolute atomic E-state index is 8.88. The predicted octanol–water partition coefficient (Wildman–Crippen LogP) is 3.98. The Kier molecular flexibility index (Phi) is 3.22. The molecule has 0 aliphatic heterocycles. The summed E-state index contributed by atoms with van der Waals surface area (Å²) in [6.45, 7) is 3.10. The first-order valence-corrected chi connectivity index (χ1v) is 6.79. The Balaban J connectivity index is 2.18. The third-order valence-electron chi connectivity index (χ3n) is 3.37. The molecule has 0 fully saturated rings. The highest BCUT2D eigenvalue weighted by Crippen LogP contribution is 2.25. The van der Waals surface area contributed by atoms with Gasteiger partial charge >= 0.3 is 0 Å². The molecule has 3 nitrogen and oxygen atoms in total. The molecule has 0 atom stereocenters. The summed E-state index contributed by atoms with van der Waals surface area (Å²) in [7, 11) is 0. The van der Waals surface area contributed by atoms with Crippen molar-refractivity contribution in [1.82, 2.24) is 9.55 Å². The van der Waals surface area contributed by atoms with Gasteiger partial charge in [0.2, 0.25) is 0 Å². The minimum Gasteiger partial charge on any atom is -0.324 e. The number of benzene rings is 2. The van der Waals surface area contributed by atoms with Crippen LogP contribution in [-0.2, 0) is 6.54 Å². The Morgan fingerprint density at radius 1 is 1.10 bits per heavy atom. The van der Waals surface area contributed by atoms with Crippen LogP contribution >= 0.6 is 0 Å². The van der Waals surface area contributed by atoms with Crippen LogP contribution in [0.5, 0.6) is 0 Å². The van der Waals surface area contributed by atoms with Crippen molar-refractivity contribution in [3.8, 4) is 17.5 Å². The third kappa shape index (κ3) is 2.06. The number of nitriles is 1. The molecular weight excluding hydrogens is 246 g/mol. The molecule has 3 aromatic rings. The molecule has 0 spiro atoms. The zero-order chi connectivity index (χ0) is 13.9. The van der Waals surface area contributed by atoms with Gasteiger partial charge in [-0.3, -0.25) is 0 Å². The van der Waals surface area contributed by atoms with Crippen molar-refractivity contribution in [2.75, 3.05) is 0 Å². The molecule has 2 aromatic carbocycles. The molecule has 0 aliphatic carbocycles. The maximum Gasteiger partial charge on any atom is 0.141 e. The van der Waals surface area contributed by atoms with E-state index in [0.29, 0.717) is 5.56 Å². The molecule has 0 saturated heterocycles. The predicted molar refractivity (Wildman–Crippen MR) is 80.2 cm³/mol. The molecule has 1 aromatic heterocycles. The van der Waals surface area contributed by atoms with Crippen LogP contribution in [0.1, 0.15) is 18.9 Å². The van der Waals surface area contributed by atoms with Crippen molar-refractivity contribution < 1.29 is 0 Å². The zero-order valence-corrected chi connectivity index (χ0v) is 11.4. The van der Waals surface area contributed by atoms with Gasteiger partial charge in [-0.2, -0.15) is 5.26 Å². The molecule has 3 rings (SSSR count). The highest BCUT2D eigenvalue weighted by molar-refractivity contribution is 5.80. The minimum absolute atomic E-state index is 0.673. The van der Waals surface area contributed by atoms with Gasteiger partial charge < -0.3 is 4.57 Å². The Morgan fingerprint density at radius 2 is 1.85 bits per heavy atom. The zero-order valence-electron chi connectivity index (χ0n) is 11.4. The van der Waals surface area contributed by atoms with Crippen molar-refractivity contribution in [2.24, 2.45) is 0 Å². The number of fused-ring (bicyclic) bond motifs is 1. The number of para-hydroxylation sites is 2. The van der Waals surface area contributed by atoms with Crippen LogP contribution in [-0.4, -0.2) is 9.55 Å². The van der Waals surface area contributed by atoms with E-state index in [0.717, 1.165) is 35.4 Å². The van der Waals surface area contributed by atoms with E-state index in [-0.39, 0.29) is 0 Å². The van der Waals surface area contributed by atoms with Crippen molar-refractivity contribution in [3.05, 3.63) is 54.1 Å². The lowest BCUT2D eigenvalue weighted by molar-refractivity contribution is 0.704. The third-order valence-corrected chi connectivity index (χ3v) is 3.37. The van der Waals surface area contributed by atoms with Crippen LogP contribution < -0.4 is 0 Å². The van der Waals surface area contributed by atoms with E-state index >= 15 is 0 Å². The monoisotopic (exact) mass is 261 g/mol. The SMILES string of the molecule is CCCn1c(-c2ccc(C#N)cc2)nc2ccccc21. The average Bonchev–Trinajstić information content (AvgIpc) is 2.87. The summed E-state index contributed by atoms with van der Waals surface area (Å²) in [6.07, 6.45) is 1.06. The highest BCUT2D eigenvalue weighted by atomic mass is 15.1. The molecule has 0 radical (unpaired) electrons. The van der Waals surface area contributed by atoms with E-state index < -0.39 is 0 Å². The van der Waals surface area contributed by atoms with E-state index in [1.54, 1.807) is 0 Å². The number of hydrogen-bond acceptors (Lipinski definition) is 2. The summed E-state index contributed by atoms with van der Waals surface area (Å²) in [5, 5.41) is 8.88. The number of aromatic nitrogens is 2. The van der Waals surface area contributed by atoms with Crippen LogP contribution in [0.15, 0.2) is 48.5 Å². The first-order chi connectivity index (χ1) is 9.83. The van der Waals surface area contributed by atoms with Gasteiger partial charge in [0.25, 0.3) is 0 Å². The smallest absolute Gasteiger partial charge is 0.141 e. The van der Waals surface area contributed by atoms with Crippen LogP contribution in [0.4, 0.5) is 0 Å². The number of imidazole rings is 1. The molecule has 0 aliphatic rings. The summed E-state index contributed by atoms with van der Waals surface area (Å²) < 4.78 is 2.25. The number of nitrogens with zero attached hydrogens (tertiary/aromatic N) is 3. The van der Waals surface area contributed by atoms with Gasteiger partial charge in [-0.1, -0.05) is 19.1 Å². The largest absolute Gasteiger partial charge is 0.324 e. The number of rotatable bonds is 3.